The summed E-state index contributed by atoms with van der Waals surface area (Å²) in [6.45, 7) is 0. The number of amidine groups is 2. The van der Waals surface area contributed by atoms with E-state index in [9.17, 15) is 9.59 Å². The second-order valence-electron chi connectivity index (χ2n) is 6.85. The summed E-state index contributed by atoms with van der Waals surface area (Å²) in [5.74, 6) is -0.337. The number of nitrogens with one attached hydrogen (secondary N) is 2. The standard InChI is InChI=1S/C24H16N4O2S2Se4/c29-21(19-3-1-13-31-19)27-23(33)25-15-5-9-17(10-6-15)35-36-18-11-7-16(8-12-18)26-24(34)28-22(30)20-4-2-14-32-20/h1-14H,(H,25,27,29)(H,26,28,30). The molecule has 4 aromatic rings. The summed E-state index contributed by atoms with van der Waals surface area (Å²) in [6.07, 6.45) is 0. The molecule has 2 aromatic heterocycles. The molecule has 2 aromatic carbocycles. The van der Waals surface area contributed by atoms with Crippen molar-refractivity contribution >= 4 is 123 Å². The molecule has 36 heavy (non-hydrogen) atoms. The molecule has 4 rings (SSSR count). The SMILES string of the molecule is O=C(NC([Se])=Nc1ccc([Se][Se]c2ccc(N=C([Se])NC(=O)c3cccs3)cc2)cc1)c1cccs1. The van der Waals surface area contributed by atoms with Gasteiger partial charge < -0.3 is 0 Å². The van der Waals surface area contributed by atoms with Crippen LogP contribution in [0, 0.1) is 0 Å². The molecular formula is C24H16N4O2S2Se4. The first-order valence-electron chi connectivity index (χ1n) is 10.2. The van der Waals surface area contributed by atoms with Crippen molar-refractivity contribution < 1.29 is 9.59 Å². The van der Waals surface area contributed by atoms with Gasteiger partial charge in [0.2, 0.25) is 0 Å². The van der Waals surface area contributed by atoms with Crippen LogP contribution in [-0.2, 0) is 0 Å². The third-order valence-electron chi connectivity index (χ3n) is 4.30. The molecule has 6 nitrogen and oxygen atoms in total. The van der Waals surface area contributed by atoms with E-state index in [1.807, 2.05) is 47.2 Å². The van der Waals surface area contributed by atoms with Crippen LogP contribution >= 0.6 is 22.7 Å². The molecule has 0 atom stereocenters. The van der Waals surface area contributed by atoms with Crippen LogP contribution < -0.4 is 19.6 Å². The van der Waals surface area contributed by atoms with Crippen molar-refractivity contribution in [3.05, 3.63) is 93.3 Å². The normalized spacial score (nSPS) is 11.8. The average molecular weight is 772 g/mol. The zero-order chi connectivity index (χ0) is 25.3. The molecule has 0 fully saturated rings. The van der Waals surface area contributed by atoms with E-state index in [1.54, 1.807) is 12.1 Å². The van der Waals surface area contributed by atoms with Gasteiger partial charge in [-0.2, -0.15) is 0 Å². The minimum absolute atomic E-state index is 0.168. The van der Waals surface area contributed by atoms with Crippen molar-refractivity contribution in [2.75, 3.05) is 0 Å². The number of carbonyl (C=O) groups is 2. The van der Waals surface area contributed by atoms with E-state index in [2.05, 4.69) is 76.9 Å². The summed E-state index contributed by atoms with van der Waals surface area (Å²) < 4.78 is 3.46. The van der Waals surface area contributed by atoms with Gasteiger partial charge in [-0.25, -0.2) is 0 Å². The zero-order valence-corrected chi connectivity index (χ0v) is 26.7. The second kappa shape index (κ2) is 13.7. The van der Waals surface area contributed by atoms with Crippen LogP contribution in [0.2, 0.25) is 0 Å². The third-order valence-corrected chi connectivity index (χ3v) is 14.1. The van der Waals surface area contributed by atoms with Crippen molar-refractivity contribution in [1.29, 1.82) is 0 Å². The van der Waals surface area contributed by atoms with Crippen LogP contribution in [0.3, 0.4) is 0 Å². The number of aliphatic imine (C=N–C) groups is 2. The zero-order valence-electron chi connectivity index (χ0n) is 18.2. The fraction of sp³-hybridized carbons (Fsp3) is 0. The molecule has 0 spiro atoms. The van der Waals surface area contributed by atoms with Gasteiger partial charge in [-0.05, 0) is 0 Å². The van der Waals surface area contributed by atoms with Gasteiger partial charge in [0.1, 0.15) is 0 Å². The molecule has 2 heterocycles. The predicted molar refractivity (Wildman–Crippen MR) is 153 cm³/mol. The maximum atomic E-state index is 12.1. The van der Waals surface area contributed by atoms with Crippen LogP contribution in [0.4, 0.5) is 11.4 Å². The van der Waals surface area contributed by atoms with Crippen molar-refractivity contribution in [2.45, 2.75) is 0 Å². The Bertz CT molecular complexity index is 1270. The summed E-state index contributed by atoms with van der Waals surface area (Å²) in [7, 11) is 0. The molecular weight excluding hydrogens is 756 g/mol. The van der Waals surface area contributed by atoms with E-state index in [0.29, 0.717) is 45.5 Å². The van der Waals surface area contributed by atoms with Gasteiger partial charge in [0, 0.05) is 0 Å². The molecule has 0 aliphatic rings. The molecule has 0 aliphatic carbocycles. The molecule has 0 saturated carbocycles. The van der Waals surface area contributed by atoms with E-state index >= 15 is 0 Å². The van der Waals surface area contributed by atoms with Crippen molar-refractivity contribution in [3.63, 3.8) is 0 Å². The van der Waals surface area contributed by atoms with E-state index in [4.69, 9.17) is 0 Å². The van der Waals surface area contributed by atoms with Gasteiger partial charge in [-0.1, -0.05) is 0 Å². The van der Waals surface area contributed by atoms with Crippen molar-refractivity contribution in [2.24, 2.45) is 9.98 Å². The second-order valence-corrected chi connectivity index (χ2v) is 16.7. The van der Waals surface area contributed by atoms with Gasteiger partial charge >= 0.3 is 246 Å². The van der Waals surface area contributed by atoms with Gasteiger partial charge in [-0.3, -0.25) is 0 Å². The Morgan fingerprint density at radius 2 is 1.03 bits per heavy atom. The van der Waals surface area contributed by atoms with Crippen LogP contribution in [0.5, 0.6) is 0 Å². The number of thiophene rings is 2. The number of benzene rings is 2. The molecule has 12 heteroatoms. The van der Waals surface area contributed by atoms with Crippen molar-refractivity contribution in [3.8, 4) is 0 Å². The van der Waals surface area contributed by atoms with E-state index in [1.165, 1.54) is 31.6 Å². The van der Waals surface area contributed by atoms with Gasteiger partial charge in [0.25, 0.3) is 0 Å². The number of carbonyl (C=O) groups excluding carboxylic acids is 2. The Balaban J connectivity index is 1.27. The van der Waals surface area contributed by atoms with Crippen LogP contribution in [-0.4, -0.2) is 79.6 Å². The van der Waals surface area contributed by atoms with E-state index in [0.717, 1.165) is 11.4 Å². The van der Waals surface area contributed by atoms with Gasteiger partial charge in [0.05, 0.1) is 0 Å². The van der Waals surface area contributed by atoms with E-state index < -0.39 is 0 Å². The maximum absolute atomic E-state index is 12.1. The number of hydrogen-bond acceptors (Lipinski definition) is 6. The quantitative estimate of drug-likeness (QED) is 0.172. The topological polar surface area (TPSA) is 82.9 Å². The third kappa shape index (κ3) is 8.37. The summed E-state index contributed by atoms with van der Waals surface area (Å²) in [6, 6.07) is 23.4. The molecule has 2 radical (unpaired) electrons. The number of rotatable bonds is 7. The summed E-state index contributed by atoms with van der Waals surface area (Å²) in [5.41, 5.74) is 1.56. The number of amides is 2. The monoisotopic (exact) mass is 776 g/mol. The molecule has 0 bridgehead atoms. The molecule has 2 amide bonds. The summed E-state index contributed by atoms with van der Waals surface area (Å²) in [5, 5.41) is 9.26. The van der Waals surface area contributed by atoms with Crippen LogP contribution in [0.25, 0.3) is 0 Å². The Hall–Kier alpha value is -1.80. The molecule has 2 N–H and O–H groups in total. The molecule has 180 valence electrons. The Morgan fingerprint density at radius 1 is 0.639 bits per heavy atom. The summed E-state index contributed by atoms with van der Waals surface area (Å²) >= 11 is 9.05. The van der Waals surface area contributed by atoms with Crippen LogP contribution in [0.1, 0.15) is 19.3 Å². The Morgan fingerprint density at radius 3 is 1.36 bits per heavy atom. The first kappa shape index (κ1) is 27.2. The van der Waals surface area contributed by atoms with Gasteiger partial charge in [0.15, 0.2) is 0 Å². The van der Waals surface area contributed by atoms with Gasteiger partial charge in [-0.15, -0.1) is 0 Å². The average Bonchev–Trinajstić information content (AvgIpc) is 3.59. The predicted octanol–water partition coefficient (Wildman–Crippen LogP) is 2.26. The van der Waals surface area contributed by atoms with Crippen molar-refractivity contribution in [1.82, 2.24) is 10.6 Å². The Kier molecular flexibility index (Phi) is 10.3. The fourth-order valence-electron chi connectivity index (χ4n) is 2.67. The molecule has 0 aliphatic heterocycles. The Labute approximate surface area is 244 Å². The summed E-state index contributed by atoms with van der Waals surface area (Å²) in [4.78, 5) is 34.4. The van der Waals surface area contributed by atoms with Crippen LogP contribution in [0.15, 0.2) is 93.5 Å². The molecule has 0 saturated heterocycles. The number of nitrogens with zero attached hydrogens (tertiary/aromatic N) is 2. The first-order valence-corrected chi connectivity index (χ1v) is 19.7. The fourth-order valence-corrected chi connectivity index (χ4v) is 10.7. The van der Waals surface area contributed by atoms with E-state index in [-0.39, 0.29) is 11.8 Å². The number of hydrogen-bond donors (Lipinski definition) is 2. The minimum atomic E-state index is -0.168. The first-order chi connectivity index (χ1) is 17.5. The molecule has 0 unspecified atom stereocenters.